The zero-order chi connectivity index (χ0) is 26.3. The van der Waals surface area contributed by atoms with Gasteiger partial charge in [-0.3, -0.25) is 14.1 Å². The third kappa shape index (κ3) is 6.68. The van der Waals surface area contributed by atoms with Gasteiger partial charge in [0.2, 0.25) is 0 Å². The molecule has 1 aromatic heterocycles. The Morgan fingerprint density at radius 3 is 2.38 bits per heavy atom. The molecule has 0 aliphatic rings. The van der Waals surface area contributed by atoms with Crippen molar-refractivity contribution < 1.29 is 21.5 Å². The molecule has 37 heavy (non-hydrogen) atoms. The van der Waals surface area contributed by atoms with Gasteiger partial charge in [0.25, 0.3) is 0 Å². The summed E-state index contributed by atoms with van der Waals surface area (Å²) in [5.74, 6) is 0.774. The summed E-state index contributed by atoms with van der Waals surface area (Å²) < 4.78 is 29.5. The minimum atomic E-state index is -3.56. The van der Waals surface area contributed by atoms with Gasteiger partial charge in [0.15, 0.2) is 0 Å². The van der Waals surface area contributed by atoms with Crippen LogP contribution in [-0.4, -0.2) is 26.7 Å². The van der Waals surface area contributed by atoms with Crippen LogP contribution in [0.1, 0.15) is 32.6 Å². The first-order valence-electron chi connectivity index (χ1n) is 12.0. The second-order valence-electron chi connectivity index (χ2n) is 8.53. The van der Waals surface area contributed by atoms with E-state index in [1.54, 1.807) is 37.4 Å². The van der Waals surface area contributed by atoms with Gasteiger partial charge in [0, 0.05) is 14.6 Å². The van der Waals surface area contributed by atoms with Crippen LogP contribution in [0.5, 0.6) is 5.75 Å². The predicted molar refractivity (Wildman–Crippen MR) is 152 cm³/mol. The van der Waals surface area contributed by atoms with Crippen LogP contribution in [-0.2, 0) is 6.42 Å². The van der Waals surface area contributed by atoms with Gasteiger partial charge in [-0.2, -0.15) is 0 Å². The lowest BCUT2D eigenvalue weighted by molar-refractivity contribution is 0.240. The Hall–Kier alpha value is -3.85. The predicted octanol–water partition coefficient (Wildman–Crippen LogP) is 7.26. The van der Waals surface area contributed by atoms with Crippen molar-refractivity contribution in [3.63, 3.8) is 0 Å². The van der Waals surface area contributed by atoms with Crippen molar-refractivity contribution in [2.24, 2.45) is 0 Å². The molecule has 0 aliphatic carbocycles. The zero-order valence-corrected chi connectivity index (χ0v) is 21.6. The number of hydrogen-bond donors (Lipinski definition) is 4. The molecule has 0 aliphatic heterocycles. The fourth-order valence-corrected chi connectivity index (χ4v) is 5.36. The number of urea groups is 1. The fraction of sp³-hybridized carbons (Fsp3) is 0.172. The highest BCUT2D eigenvalue weighted by atomic mass is 32.3. The summed E-state index contributed by atoms with van der Waals surface area (Å²) in [7, 11) is -3.56. The smallest absolute Gasteiger partial charge is 0.333 e. The molecule has 196 valence electrons. The standard InChI is InChI=1S/C29H31N3O4S.2H2/c1-3-36-24-17-15-23(16-18-24)25-13-9-19-30-28(25)26(20-22-11-5-4-6-12-22)31-29(33)32-37(34,35)27-14-8-7-10-21(27)2;;/h4-19,26,34-35H,3,20H2,1-2H3,(H2,31,32,33);2*1H/t26-;;/m0../s1. The molecule has 1 heterocycles. The van der Waals surface area contributed by atoms with Crippen LogP contribution in [0.4, 0.5) is 4.79 Å². The van der Waals surface area contributed by atoms with E-state index in [1.165, 1.54) is 0 Å². The maximum absolute atomic E-state index is 13.1. The van der Waals surface area contributed by atoms with Crippen molar-refractivity contribution in [1.29, 1.82) is 0 Å². The molecule has 0 bridgehead atoms. The van der Waals surface area contributed by atoms with Crippen LogP contribution in [0.3, 0.4) is 0 Å². The Bertz CT molecular complexity index is 1340. The van der Waals surface area contributed by atoms with Gasteiger partial charge in [0.05, 0.1) is 23.2 Å². The second kappa shape index (κ2) is 11.9. The molecular weight excluding hydrogens is 486 g/mol. The SMILES string of the molecule is CCOc1ccc(-c2cccnc2[C@H](Cc2ccccc2)NC(=O)NS(O)(O)c2ccccc2C)cc1.[HH].[HH]. The molecule has 4 rings (SSSR count). The number of hydrogen-bond acceptors (Lipinski definition) is 5. The van der Waals surface area contributed by atoms with Crippen LogP contribution in [0, 0.1) is 6.92 Å². The summed E-state index contributed by atoms with van der Waals surface area (Å²) in [4.78, 5) is 18.0. The normalized spacial score (nSPS) is 12.4. The van der Waals surface area contributed by atoms with Crippen LogP contribution < -0.4 is 14.8 Å². The number of pyridine rings is 1. The Morgan fingerprint density at radius 2 is 1.68 bits per heavy atom. The molecule has 3 aromatic carbocycles. The number of benzene rings is 3. The molecule has 0 unspecified atom stereocenters. The van der Waals surface area contributed by atoms with Crippen molar-refractivity contribution in [2.45, 2.75) is 31.2 Å². The van der Waals surface area contributed by atoms with Gasteiger partial charge < -0.3 is 10.1 Å². The first kappa shape index (κ1) is 26.2. The van der Waals surface area contributed by atoms with E-state index in [1.807, 2.05) is 73.7 Å². The van der Waals surface area contributed by atoms with Crippen LogP contribution in [0.25, 0.3) is 11.1 Å². The molecule has 0 fully saturated rings. The maximum Gasteiger partial charge on any atom is 0.333 e. The molecule has 7 nitrogen and oxygen atoms in total. The maximum atomic E-state index is 13.1. The molecule has 2 amide bonds. The third-order valence-corrected chi connectivity index (χ3v) is 7.41. The molecule has 0 spiro atoms. The minimum Gasteiger partial charge on any atom is -0.494 e. The second-order valence-corrected chi connectivity index (χ2v) is 10.3. The lowest BCUT2D eigenvalue weighted by atomic mass is 9.95. The van der Waals surface area contributed by atoms with Crippen molar-refractivity contribution in [3.05, 3.63) is 114 Å². The lowest BCUT2D eigenvalue weighted by Gasteiger charge is -2.34. The first-order chi connectivity index (χ1) is 17.9. The molecule has 1 atom stereocenters. The Labute approximate surface area is 222 Å². The monoisotopic (exact) mass is 521 g/mol. The number of ether oxygens (including phenoxy) is 1. The van der Waals surface area contributed by atoms with Crippen molar-refractivity contribution >= 4 is 16.8 Å². The lowest BCUT2D eigenvalue weighted by Crippen LogP contribution is -2.40. The summed E-state index contributed by atoms with van der Waals surface area (Å²) in [6.07, 6.45) is 2.14. The Kier molecular flexibility index (Phi) is 8.45. The molecule has 0 saturated heterocycles. The minimum absolute atomic E-state index is 0. The largest absolute Gasteiger partial charge is 0.494 e. The highest BCUT2D eigenvalue weighted by Crippen LogP contribution is 2.45. The van der Waals surface area contributed by atoms with Gasteiger partial charge in [-0.05, 0) is 61.2 Å². The summed E-state index contributed by atoms with van der Waals surface area (Å²) in [6.45, 7) is 4.28. The van der Waals surface area contributed by atoms with Crippen LogP contribution >= 0.6 is 10.8 Å². The summed E-state index contributed by atoms with van der Waals surface area (Å²) in [5.41, 5.74) is 4.12. The van der Waals surface area contributed by atoms with Gasteiger partial charge in [0.1, 0.15) is 5.75 Å². The van der Waals surface area contributed by atoms with Crippen LogP contribution in [0.15, 0.2) is 102 Å². The molecule has 8 heteroatoms. The topological polar surface area (TPSA) is 104 Å². The Morgan fingerprint density at radius 1 is 0.973 bits per heavy atom. The van der Waals surface area contributed by atoms with E-state index in [0.29, 0.717) is 24.3 Å². The van der Waals surface area contributed by atoms with E-state index in [2.05, 4.69) is 15.0 Å². The quantitative estimate of drug-likeness (QED) is 0.186. The van der Waals surface area contributed by atoms with Gasteiger partial charge in [-0.25, -0.2) is 9.52 Å². The van der Waals surface area contributed by atoms with E-state index in [-0.39, 0.29) is 7.75 Å². The van der Waals surface area contributed by atoms with Crippen molar-refractivity contribution in [1.82, 2.24) is 15.0 Å². The number of rotatable bonds is 9. The highest BCUT2D eigenvalue weighted by molar-refractivity contribution is 8.23. The number of nitrogens with one attached hydrogen (secondary N) is 2. The van der Waals surface area contributed by atoms with Crippen molar-refractivity contribution in [2.75, 3.05) is 6.61 Å². The van der Waals surface area contributed by atoms with E-state index in [4.69, 9.17) is 4.74 Å². The number of aromatic nitrogens is 1. The zero-order valence-electron chi connectivity index (χ0n) is 20.8. The molecule has 0 radical (unpaired) electrons. The molecule has 0 saturated carbocycles. The highest BCUT2D eigenvalue weighted by Gasteiger charge is 2.25. The van der Waals surface area contributed by atoms with Gasteiger partial charge >= 0.3 is 6.03 Å². The van der Waals surface area contributed by atoms with Gasteiger partial charge in [-0.1, -0.05) is 77.5 Å². The molecule has 4 N–H and O–H groups in total. The number of nitrogens with zero attached hydrogens (tertiary/aromatic N) is 1. The fourth-order valence-electron chi connectivity index (χ4n) is 4.15. The number of carbonyl (C=O) groups is 1. The average Bonchev–Trinajstić information content (AvgIpc) is 2.89. The van der Waals surface area contributed by atoms with E-state index in [9.17, 15) is 13.9 Å². The average molecular weight is 522 g/mol. The molecular formula is C29H35N3O4S. The van der Waals surface area contributed by atoms with E-state index >= 15 is 0 Å². The Balaban J connectivity index is 0.00000267. The van der Waals surface area contributed by atoms with Crippen LogP contribution in [0.2, 0.25) is 0 Å². The van der Waals surface area contributed by atoms with E-state index < -0.39 is 22.8 Å². The third-order valence-electron chi connectivity index (χ3n) is 5.87. The van der Waals surface area contributed by atoms with Gasteiger partial charge in [-0.15, -0.1) is 0 Å². The summed E-state index contributed by atoms with van der Waals surface area (Å²) in [5, 5.41) is 2.93. The first-order valence-corrected chi connectivity index (χ1v) is 13.6. The number of carbonyl (C=O) groups excluding carboxylic acids is 1. The molecule has 4 aromatic rings. The summed E-state index contributed by atoms with van der Waals surface area (Å²) >= 11 is 0. The van der Waals surface area contributed by atoms with E-state index in [0.717, 1.165) is 22.4 Å². The summed E-state index contributed by atoms with van der Waals surface area (Å²) in [6, 6.07) is 26.9. The van der Waals surface area contributed by atoms with Crippen molar-refractivity contribution in [3.8, 4) is 16.9 Å². The number of amides is 2. The number of aryl methyl sites for hydroxylation is 1.